The van der Waals surface area contributed by atoms with Crippen LogP contribution >= 0.6 is 12.2 Å². The minimum absolute atomic E-state index is 0.0881. The number of fused-ring (bicyclic) bond motifs is 1. The summed E-state index contributed by atoms with van der Waals surface area (Å²) in [7, 11) is -1.11. The molecule has 0 spiro atoms. The minimum atomic E-state index is -2.96. The van der Waals surface area contributed by atoms with E-state index >= 15 is 0 Å². The molecule has 1 fully saturated rings. The normalized spacial score (nSPS) is 22.9. The summed E-state index contributed by atoms with van der Waals surface area (Å²) in [6, 6.07) is -0.0881. The number of rotatable bonds is 1. The predicted molar refractivity (Wildman–Crippen MR) is 75.6 cm³/mol. The van der Waals surface area contributed by atoms with Crippen molar-refractivity contribution in [2.24, 2.45) is 7.05 Å². The van der Waals surface area contributed by atoms with E-state index in [0.717, 1.165) is 23.3 Å². The monoisotopic (exact) mass is 300 g/mol. The SMILES string of the molecule is Cc1nn(C)c2c1[nH]c(=S)n2C1CCCS(=O)(=O)C1. The van der Waals surface area contributed by atoms with Crippen molar-refractivity contribution in [3.8, 4) is 0 Å². The fraction of sp³-hybridized carbons (Fsp3) is 0.636. The van der Waals surface area contributed by atoms with Crippen molar-refractivity contribution in [3.05, 3.63) is 10.5 Å². The number of aromatic nitrogens is 4. The zero-order valence-electron chi connectivity index (χ0n) is 10.9. The molecule has 8 heteroatoms. The molecule has 104 valence electrons. The molecule has 2 aromatic heterocycles. The standard InChI is InChI=1S/C11H16N4O2S2/c1-7-9-10(14(2)13-7)15(11(18)12-9)8-4-3-5-19(16,17)6-8/h8H,3-6H2,1-2H3,(H,12,18). The van der Waals surface area contributed by atoms with Crippen LogP contribution in [0.1, 0.15) is 24.6 Å². The summed E-state index contributed by atoms with van der Waals surface area (Å²) < 4.78 is 27.9. The molecule has 0 bridgehead atoms. The van der Waals surface area contributed by atoms with E-state index in [1.165, 1.54) is 0 Å². The van der Waals surface area contributed by atoms with Gasteiger partial charge in [0.1, 0.15) is 5.52 Å². The van der Waals surface area contributed by atoms with Crippen LogP contribution in [0.4, 0.5) is 0 Å². The maximum Gasteiger partial charge on any atom is 0.179 e. The number of hydrogen-bond donors (Lipinski definition) is 1. The summed E-state index contributed by atoms with van der Waals surface area (Å²) in [5.74, 6) is 0.452. The molecule has 1 aliphatic heterocycles. The van der Waals surface area contributed by atoms with E-state index < -0.39 is 9.84 Å². The molecule has 19 heavy (non-hydrogen) atoms. The molecule has 1 saturated heterocycles. The molecular weight excluding hydrogens is 284 g/mol. The number of aromatic amines is 1. The molecular formula is C11H16N4O2S2. The van der Waals surface area contributed by atoms with Crippen molar-refractivity contribution in [1.82, 2.24) is 19.3 Å². The number of H-pyrrole nitrogens is 1. The van der Waals surface area contributed by atoms with Crippen LogP contribution in [0.5, 0.6) is 0 Å². The number of sulfone groups is 1. The van der Waals surface area contributed by atoms with Crippen molar-refractivity contribution in [3.63, 3.8) is 0 Å². The minimum Gasteiger partial charge on any atom is -0.328 e. The highest BCUT2D eigenvalue weighted by Crippen LogP contribution is 2.28. The topological polar surface area (TPSA) is 72.7 Å². The second kappa shape index (κ2) is 4.17. The second-order valence-corrected chi connectivity index (χ2v) is 7.73. The van der Waals surface area contributed by atoms with E-state index in [0.29, 0.717) is 11.2 Å². The lowest BCUT2D eigenvalue weighted by Gasteiger charge is -2.23. The van der Waals surface area contributed by atoms with Crippen LogP contribution < -0.4 is 0 Å². The molecule has 1 unspecified atom stereocenters. The van der Waals surface area contributed by atoms with Gasteiger partial charge in [-0.2, -0.15) is 5.10 Å². The first kappa shape index (κ1) is 12.9. The molecule has 2 aromatic rings. The Hall–Kier alpha value is -1.15. The summed E-state index contributed by atoms with van der Waals surface area (Å²) >= 11 is 5.35. The Bertz CT molecular complexity index is 797. The molecule has 0 saturated carbocycles. The third-order valence-corrected chi connectivity index (χ3v) is 5.78. The second-order valence-electron chi connectivity index (χ2n) is 5.12. The van der Waals surface area contributed by atoms with Gasteiger partial charge in [0.15, 0.2) is 20.3 Å². The largest absolute Gasteiger partial charge is 0.328 e. The third kappa shape index (κ3) is 2.02. The Morgan fingerprint density at radius 1 is 1.47 bits per heavy atom. The van der Waals surface area contributed by atoms with Crippen molar-refractivity contribution >= 4 is 33.2 Å². The Morgan fingerprint density at radius 3 is 2.89 bits per heavy atom. The van der Waals surface area contributed by atoms with Gasteiger partial charge in [-0.15, -0.1) is 0 Å². The van der Waals surface area contributed by atoms with E-state index in [4.69, 9.17) is 12.2 Å². The van der Waals surface area contributed by atoms with Crippen LogP contribution in [0.2, 0.25) is 0 Å². The van der Waals surface area contributed by atoms with Crippen LogP contribution in [0.15, 0.2) is 0 Å². The van der Waals surface area contributed by atoms with Gasteiger partial charge in [0.2, 0.25) is 0 Å². The molecule has 0 aromatic carbocycles. The number of aryl methyl sites for hydroxylation is 2. The van der Waals surface area contributed by atoms with Crippen LogP contribution in [0, 0.1) is 11.7 Å². The Labute approximate surface area is 116 Å². The van der Waals surface area contributed by atoms with Gasteiger partial charge in [0.05, 0.1) is 23.2 Å². The number of imidazole rings is 1. The Morgan fingerprint density at radius 2 is 2.21 bits per heavy atom. The first-order chi connectivity index (χ1) is 8.89. The number of hydrogen-bond acceptors (Lipinski definition) is 4. The molecule has 1 aliphatic rings. The van der Waals surface area contributed by atoms with Crippen molar-refractivity contribution in [2.75, 3.05) is 11.5 Å². The number of nitrogens with zero attached hydrogens (tertiary/aromatic N) is 3. The van der Waals surface area contributed by atoms with E-state index in [-0.39, 0.29) is 17.5 Å². The molecule has 0 radical (unpaired) electrons. The van der Waals surface area contributed by atoms with Gasteiger partial charge < -0.3 is 4.98 Å². The summed E-state index contributed by atoms with van der Waals surface area (Å²) in [6.45, 7) is 1.91. The lowest BCUT2D eigenvalue weighted by molar-refractivity contribution is 0.469. The average molecular weight is 300 g/mol. The van der Waals surface area contributed by atoms with Crippen LogP contribution in [0.3, 0.4) is 0 Å². The van der Waals surface area contributed by atoms with Crippen molar-refractivity contribution in [2.45, 2.75) is 25.8 Å². The van der Waals surface area contributed by atoms with Gasteiger partial charge >= 0.3 is 0 Å². The number of nitrogens with one attached hydrogen (secondary N) is 1. The first-order valence-corrected chi connectivity index (χ1v) is 8.46. The van der Waals surface area contributed by atoms with Gasteiger partial charge in [-0.1, -0.05) is 0 Å². The molecule has 6 nitrogen and oxygen atoms in total. The van der Waals surface area contributed by atoms with Gasteiger partial charge in [0.25, 0.3) is 0 Å². The maximum atomic E-state index is 11.8. The molecule has 1 N–H and O–H groups in total. The van der Waals surface area contributed by atoms with E-state index in [9.17, 15) is 8.42 Å². The predicted octanol–water partition coefficient (Wildman–Crippen LogP) is 1.49. The maximum absolute atomic E-state index is 11.8. The first-order valence-electron chi connectivity index (χ1n) is 6.23. The van der Waals surface area contributed by atoms with Crippen LogP contribution in [0.25, 0.3) is 11.2 Å². The lowest BCUT2D eigenvalue weighted by atomic mass is 10.2. The summed E-state index contributed by atoms with van der Waals surface area (Å²) in [5, 5.41) is 4.35. The highest BCUT2D eigenvalue weighted by molar-refractivity contribution is 7.91. The molecule has 1 atom stereocenters. The van der Waals surface area contributed by atoms with E-state index in [2.05, 4.69) is 10.1 Å². The van der Waals surface area contributed by atoms with Gasteiger partial charge in [-0.25, -0.2) is 8.42 Å². The van der Waals surface area contributed by atoms with Gasteiger partial charge in [0, 0.05) is 7.05 Å². The third-order valence-electron chi connectivity index (χ3n) is 3.68. The summed E-state index contributed by atoms with van der Waals surface area (Å²) in [4.78, 5) is 3.14. The van der Waals surface area contributed by atoms with Crippen molar-refractivity contribution in [1.29, 1.82) is 0 Å². The summed E-state index contributed by atoms with van der Waals surface area (Å²) in [6.07, 6.45) is 1.53. The highest BCUT2D eigenvalue weighted by atomic mass is 32.2. The highest BCUT2D eigenvalue weighted by Gasteiger charge is 2.28. The summed E-state index contributed by atoms with van der Waals surface area (Å²) in [5.41, 5.74) is 2.65. The van der Waals surface area contributed by atoms with Gasteiger partial charge in [-0.3, -0.25) is 9.25 Å². The molecule has 0 aliphatic carbocycles. The van der Waals surface area contributed by atoms with Gasteiger partial charge in [-0.05, 0) is 32.0 Å². The molecule has 0 amide bonds. The average Bonchev–Trinajstić information content (AvgIpc) is 2.76. The zero-order valence-corrected chi connectivity index (χ0v) is 12.5. The fourth-order valence-corrected chi connectivity index (χ4v) is 4.89. The lowest BCUT2D eigenvalue weighted by Crippen LogP contribution is -2.28. The van der Waals surface area contributed by atoms with E-state index in [1.54, 1.807) is 4.68 Å². The zero-order chi connectivity index (χ0) is 13.8. The quantitative estimate of drug-likeness (QED) is 0.810. The Kier molecular flexibility index (Phi) is 2.82. The fourth-order valence-electron chi connectivity index (χ4n) is 2.87. The van der Waals surface area contributed by atoms with E-state index in [1.807, 2.05) is 18.5 Å². The van der Waals surface area contributed by atoms with Crippen LogP contribution in [-0.2, 0) is 16.9 Å². The smallest absolute Gasteiger partial charge is 0.179 e. The molecule has 3 heterocycles. The Balaban J connectivity index is 2.20. The van der Waals surface area contributed by atoms with Crippen molar-refractivity contribution < 1.29 is 8.42 Å². The molecule has 3 rings (SSSR count). The van der Waals surface area contributed by atoms with Crippen LogP contribution in [-0.4, -0.2) is 39.3 Å².